The Balaban J connectivity index is 1.68. The molecule has 1 saturated heterocycles. The average molecular weight is 315 g/mol. The van der Waals surface area contributed by atoms with Crippen LogP contribution in [0.1, 0.15) is 66.3 Å². The van der Waals surface area contributed by atoms with Crippen LogP contribution in [0.5, 0.6) is 0 Å². The molecule has 1 aliphatic carbocycles. The van der Waals surface area contributed by atoms with Crippen LogP contribution in [0.2, 0.25) is 0 Å². The second-order valence-corrected chi connectivity index (χ2v) is 6.88. The van der Waals surface area contributed by atoms with Gasteiger partial charge in [-0.15, -0.1) is 0 Å². The van der Waals surface area contributed by atoms with Crippen LogP contribution in [-0.2, 0) is 0 Å². The van der Waals surface area contributed by atoms with E-state index in [0.717, 1.165) is 32.4 Å². The monoisotopic (exact) mass is 315 g/mol. The van der Waals surface area contributed by atoms with Crippen molar-refractivity contribution < 1.29 is 9.59 Å². The highest BCUT2D eigenvalue weighted by Crippen LogP contribution is 2.19. The molecule has 0 aromatic carbocycles. The molecule has 1 saturated carbocycles. The molecule has 5 nitrogen and oxygen atoms in total. The number of rotatable bonds is 3. The largest absolute Gasteiger partial charge is 0.349 e. The van der Waals surface area contributed by atoms with Crippen molar-refractivity contribution in [3.8, 4) is 0 Å². The van der Waals surface area contributed by atoms with Gasteiger partial charge in [0.1, 0.15) is 5.69 Å². The van der Waals surface area contributed by atoms with Crippen molar-refractivity contribution >= 4 is 11.8 Å². The number of nitrogens with one attached hydrogen (secondary N) is 1. The molecule has 1 N–H and O–H groups in total. The number of carbonyl (C=O) groups is 2. The molecule has 5 heteroatoms. The fourth-order valence-corrected chi connectivity index (χ4v) is 3.56. The molecular weight excluding hydrogens is 290 g/mol. The quantitative estimate of drug-likeness (QED) is 0.932. The third-order valence-corrected chi connectivity index (χ3v) is 4.88. The smallest absolute Gasteiger partial charge is 0.272 e. The number of pyridine rings is 1. The Labute approximate surface area is 137 Å². The fourth-order valence-electron chi connectivity index (χ4n) is 3.56. The first kappa shape index (κ1) is 16.0. The van der Waals surface area contributed by atoms with Crippen LogP contribution in [0.4, 0.5) is 0 Å². The van der Waals surface area contributed by atoms with Crippen molar-refractivity contribution in [1.82, 2.24) is 15.2 Å². The summed E-state index contributed by atoms with van der Waals surface area (Å²) in [7, 11) is 0. The van der Waals surface area contributed by atoms with E-state index in [1.165, 1.54) is 19.3 Å². The highest BCUT2D eigenvalue weighted by Gasteiger charge is 2.24. The summed E-state index contributed by atoms with van der Waals surface area (Å²) in [6.07, 6.45) is 8.22. The van der Waals surface area contributed by atoms with Crippen molar-refractivity contribution in [3.63, 3.8) is 0 Å². The molecule has 23 heavy (non-hydrogen) atoms. The lowest BCUT2D eigenvalue weighted by molar-refractivity contribution is 0.0677. The van der Waals surface area contributed by atoms with Crippen molar-refractivity contribution in [1.29, 1.82) is 0 Å². The average Bonchev–Trinajstić information content (AvgIpc) is 3.07. The summed E-state index contributed by atoms with van der Waals surface area (Å²) in [4.78, 5) is 31.0. The maximum absolute atomic E-state index is 12.6. The van der Waals surface area contributed by atoms with Crippen LogP contribution in [0, 0.1) is 5.92 Å². The van der Waals surface area contributed by atoms with E-state index in [1.807, 2.05) is 4.90 Å². The maximum Gasteiger partial charge on any atom is 0.272 e. The van der Waals surface area contributed by atoms with E-state index in [4.69, 9.17) is 0 Å². The van der Waals surface area contributed by atoms with Gasteiger partial charge in [0.2, 0.25) is 0 Å². The third kappa shape index (κ3) is 3.89. The minimum absolute atomic E-state index is 0.0629. The highest BCUT2D eigenvalue weighted by atomic mass is 16.2. The summed E-state index contributed by atoms with van der Waals surface area (Å²) >= 11 is 0. The summed E-state index contributed by atoms with van der Waals surface area (Å²) in [5.74, 6) is 0.369. The van der Waals surface area contributed by atoms with Crippen LogP contribution in [0.25, 0.3) is 0 Å². The lowest BCUT2D eigenvalue weighted by atomic mass is 10.00. The van der Waals surface area contributed by atoms with E-state index >= 15 is 0 Å². The predicted molar refractivity (Wildman–Crippen MR) is 88.3 cm³/mol. The lowest BCUT2D eigenvalue weighted by Crippen LogP contribution is -2.39. The van der Waals surface area contributed by atoms with Crippen LogP contribution in [0.3, 0.4) is 0 Å². The van der Waals surface area contributed by atoms with Crippen molar-refractivity contribution in [2.75, 3.05) is 13.1 Å². The number of piperidine rings is 1. The Bertz CT molecular complexity index is 581. The molecular formula is C18H25N3O2. The van der Waals surface area contributed by atoms with Gasteiger partial charge in [-0.25, -0.2) is 0 Å². The molecule has 1 unspecified atom stereocenters. The van der Waals surface area contributed by atoms with E-state index in [1.54, 1.807) is 18.3 Å². The Morgan fingerprint density at radius 3 is 2.74 bits per heavy atom. The van der Waals surface area contributed by atoms with Gasteiger partial charge in [-0.05, 0) is 43.7 Å². The molecule has 2 aliphatic rings. The van der Waals surface area contributed by atoms with Gasteiger partial charge in [0.25, 0.3) is 11.8 Å². The second kappa shape index (κ2) is 7.11. The van der Waals surface area contributed by atoms with Crippen LogP contribution < -0.4 is 5.32 Å². The maximum atomic E-state index is 12.6. The number of hydrogen-bond donors (Lipinski definition) is 1. The minimum Gasteiger partial charge on any atom is -0.349 e. The van der Waals surface area contributed by atoms with Crippen molar-refractivity contribution in [3.05, 3.63) is 29.6 Å². The summed E-state index contributed by atoms with van der Waals surface area (Å²) in [5.41, 5.74) is 0.901. The Morgan fingerprint density at radius 1 is 1.22 bits per heavy atom. The topological polar surface area (TPSA) is 62.3 Å². The summed E-state index contributed by atoms with van der Waals surface area (Å²) in [6.45, 7) is 3.72. The van der Waals surface area contributed by atoms with E-state index in [-0.39, 0.29) is 17.9 Å². The minimum atomic E-state index is -0.0969. The Kier molecular flexibility index (Phi) is 4.94. The first-order valence-corrected chi connectivity index (χ1v) is 8.69. The number of carbonyl (C=O) groups excluding carboxylic acids is 2. The zero-order valence-corrected chi connectivity index (χ0v) is 13.8. The highest BCUT2D eigenvalue weighted by molar-refractivity contribution is 5.98. The number of aromatic nitrogens is 1. The lowest BCUT2D eigenvalue weighted by Gasteiger charge is -2.30. The van der Waals surface area contributed by atoms with E-state index in [2.05, 4.69) is 17.2 Å². The van der Waals surface area contributed by atoms with E-state index < -0.39 is 0 Å². The predicted octanol–water partition coefficient (Wildman–Crippen LogP) is 2.63. The third-order valence-electron chi connectivity index (χ3n) is 4.88. The zero-order chi connectivity index (χ0) is 16.2. The van der Waals surface area contributed by atoms with Gasteiger partial charge in [0, 0.05) is 30.9 Å². The first-order valence-electron chi connectivity index (χ1n) is 8.69. The molecule has 0 radical (unpaired) electrons. The van der Waals surface area contributed by atoms with Gasteiger partial charge in [-0.2, -0.15) is 0 Å². The van der Waals surface area contributed by atoms with Crippen LogP contribution in [0.15, 0.2) is 18.3 Å². The Hall–Kier alpha value is -1.91. The zero-order valence-electron chi connectivity index (χ0n) is 13.8. The molecule has 1 aromatic rings. The van der Waals surface area contributed by atoms with Crippen LogP contribution in [-0.4, -0.2) is 40.8 Å². The fraction of sp³-hybridized carbons (Fsp3) is 0.611. The van der Waals surface area contributed by atoms with Gasteiger partial charge < -0.3 is 10.2 Å². The SMILES string of the molecule is CC1CCCN(C(=O)c2cc(C(=O)NC3CCCC3)ccn2)C1. The molecule has 3 rings (SSSR count). The number of amides is 2. The molecule has 0 bridgehead atoms. The molecule has 1 aliphatic heterocycles. The van der Waals surface area contributed by atoms with E-state index in [9.17, 15) is 9.59 Å². The summed E-state index contributed by atoms with van der Waals surface area (Å²) < 4.78 is 0. The number of hydrogen-bond acceptors (Lipinski definition) is 3. The molecule has 2 fully saturated rings. The van der Waals surface area contributed by atoms with Crippen molar-refractivity contribution in [2.45, 2.75) is 51.5 Å². The first-order chi connectivity index (χ1) is 11.1. The summed E-state index contributed by atoms with van der Waals surface area (Å²) in [5, 5.41) is 3.06. The summed E-state index contributed by atoms with van der Waals surface area (Å²) in [6, 6.07) is 3.59. The number of nitrogens with zero attached hydrogens (tertiary/aromatic N) is 2. The Morgan fingerprint density at radius 2 is 2.00 bits per heavy atom. The van der Waals surface area contributed by atoms with Gasteiger partial charge >= 0.3 is 0 Å². The molecule has 1 atom stereocenters. The van der Waals surface area contributed by atoms with Gasteiger partial charge in [0.15, 0.2) is 0 Å². The molecule has 124 valence electrons. The molecule has 0 spiro atoms. The van der Waals surface area contributed by atoms with Gasteiger partial charge in [-0.1, -0.05) is 19.8 Å². The van der Waals surface area contributed by atoms with Gasteiger partial charge in [0.05, 0.1) is 0 Å². The molecule has 2 heterocycles. The van der Waals surface area contributed by atoms with Crippen LogP contribution >= 0.6 is 0 Å². The van der Waals surface area contributed by atoms with Crippen molar-refractivity contribution in [2.24, 2.45) is 5.92 Å². The molecule has 1 aromatic heterocycles. The van der Waals surface area contributed by atoms with E-state index in [0.29, 0.717) is 17.2 Å². The standard InChI is InChI=1S/C18H25N3O2/c1-13-5-4-10-21(12-13)18(23)16-11-14(8-9-19-16)17(22)20-15-6-2-3-7-15/h8-9,11,13,15H,2-7,10,12H2,1H3,(H,20,22). The molecule has 2 amide bonds. The van der Waals surface area contributed by atoms with Gasteiger partial charge in [-0.3, -0.25) is 14.6 Å². The normalized spacial score (nSPS) is 22.1. The number of likely N-dealkylation sites (tertiary alicyclic amines) is 1. The second-order valence-electron chi connectivity index (χ2n) is 6.88.